The number of hydrogen-bond donors (Lipinski definition) is 2. The fourth-order valence-corrected chi connectivity index (χ4v) is 4.04. The topological polar surface area (TPSA) is 67.4 Å². The number of benzene rings is 3. The minimum atomic E-state index is -1.47. The maximum Gasteiger partial charge on any atom is 0.258 e. The van der Waals surface area contributed by atoms with Crippen LogP contribution in [0.3, 0.4) is 0 Å². The number of amides is 1. The van der Waals surface area contributed by atoms with Gasteiger partial charge in [0.1, 0.15) is 11.6 Å². The summed E-state index contributed by atoms with van der Waals surface area (Å²) in [7, 11) is 1.57. The van der Waals surface area contributed by atoms with Gasteiger partial charge in [-0.15, -0.1) is 0 Å². The lowest BCUT2D eigenvalue weighted by atomic mass is 9.85. The number of hydrogen-bond acceptors (Lipinski definition) is 4. The summed E-state index contributed by atoms with van der Waals surface area (Å²) in [5.41, 5.74) is 1.92. The zero-order valence-electron chi connectivity index (χ0n) is 19.3. The molecule has 2 N–H and O–H groups in total. The summed E-state index contributed by atoms with van der Waals surface area (Å²) in [6, 6.07) is 12.7. The van der Waals surface area contributed by atoms with Crippen molar-refractivity contribution < 1.29 is 27.5 Å². The van der Waals surface area contributed by atoms with Crippen LogP contribution in [0, 0.1) is 17.5 Å². The van der Waals surface area contributed by atoms with E-state index in [1.54, 1.807) is 19.2 Å². The summed E-state index contributed by atoms with van der Waals surface area (Å²) in [5.74, 6) is -4.72. The lowest BCUT2D eigenvalue weighted by Gasteiger charge is -2.35. The van der Waals surface area contributed by atoms with Gasteiger partial charge in [0, 0.05) is 40.2 Å². The van der Waals surface area contributed by atoms with Gasteiger partial charge >= 0.3 is 0 Å². The Balaban J connectivity index is 1.62. The van der Waals surface area contributed by atoms with Crippen LogP contribution in [0.15, 0.2) is 60.7 Å². The molecular weight excluding hydrogens is 457 g/mol. The molecule has 8 heteroatoms. The van der Waals surface area contributed by atoms with Gasteiger partial charge in [-0.3, -0.25) is 9.59 Å². The molecule has 0 aliphatic carbocycles. The third-order valence-corrected chi connectivity index (χ3v) is 5.63. The third-order valence-electron chi connectivity index (χ3n) is 5.63. The Morgan fingerprint density at radius 3 is 2.57 bits per heavy atom. The summed E-state index contributed by atoms with van der Waals surface area (Å²) in [5, 5.41) is 5.77. The Kier molecular flexibility index (Phi) is 6.39. The van der Waals surface area contributed by atoms with E-state index in [0.717, 1.165) is 17.5 Å². The van der Waals surface area contributed by atoms with Crippen molar-refractivity contribution in [2.45, 2.75) is 25.8 Å². The molecule has 35 heavy (non-hydrogen) atoms. The van der Waals surface area contributed by atoms with Gasteiger partial charge in [0.15, 0.2) is 17.4 Å². The molecule has 1 heterocycles. The predicted molar refractivity (Wildman–Crippen MR) is 127 cm³/mol. The molecule has 0 saturated heterocycles. The van der Waals surface area contributed by atoms with E-state index >= 15 is 0 Å². The van der Waals surface area contributed by atoms with Crippen LogP contribution in [0.4, 0.5) is 18.9 Å². The molecule has 180 valence electrons. The van der Waals surface area contributed by atoms with Crippen LogP contribution in [-0.2, 0) is 6.42 Å². The molecule has 5 nitrogen and oxygen atoms in total. The number of carbonyl (C=O) groups is 2. The highest BCUT2D eigenvalue weighted by molar-refractivity contribution is 6.10. The number of ether oxygens (including phenoxy) is 1. The third kappa shape index (κ3) is 5.21. The monoisotopic (exact) mass is 480 g/mol. The maximum absolute atomic E-state index is 14.0. The molecule has 0 fully saturated rings. The van der Waals surface area contributed by atoms with E-state index in [4.69, 9.17) is 4.74 Å². The number of anilines is 1. The molecule has 0 spiro atoms. The Labute approximate surface area is 200 Å². The Bertz CT molecular complexity index is 1370. The molecule has 1 aliphatic heterocycles. The first kappa shape index (κ1) is 24.1. The van der Waals surface area contributed by atoms with Gasteiger partial charge in [-0.1, -0.05) is 18.2 Å². The number of nitrogens with one attached hydrogen (secondary N) is 2. The molecular formula is C27H23F3N2O3. The molecule has 0 saturated carbocycles. The molecule has 0 unspecified atom stereocenters. The Hall–Kier alpha value is -4.07. The van der Waals surface area contributed by atoms with Gasteiger partial charge in [-0.2, -0.15) is 0 Å². The highest BCUT2D eigenvalue weighted by Crippen LogP contribution is 2.32. The summed E-state index contributed by atoms with van der Waals surface area (Å²) in [6.45, 7) is 4.06. The summed E-state index contributed by atoms with van der Waals surface area (Å²) >= 11 is 0. The van der Waals surface area contributed by atoms with E-state index in [-0.39, 0.29) is 22.6 Å². The second-order valence-corrected chi connectivity index (χ2v) is 8.92. The van der Waals surface area contributed by atoms with Crippen molar-refractivity contribution in [1.29, 1.82) is 0 Å². The van der Waals surface area contributed by atoms with E-state index in [0.29, 0.717) is 23.6 Å². The van der Waals surface area contributed by atoms with Crippen molar-refractivity contribution in [2.24, 2.45) is 0 Å². The van der Waals surface area contributed by atoms with Crippen LogP contribution in [-0.4, -0.2) is 24.3 Å². The molecule has 3 aromatic carbocycles. The van der Waals surface area contributed by atoms with Crippen LogP contribution in [0.2, 0.25) is 0 Å². The van der Waals surface area contributed by atoms with E-state index in [9.17, 15) is 22.8 Å². The SMILES string of the molecule is COc1ccc2c(c1)/C(=C/C(=O)c1cccc(NC(=O)c3cc(F)cc(F)c3F)c1)NC(C)(C)C2. The fourth-order valence-electron chi connectivity index (χ4n) is 4.04. The normalized spacial score (nSPS) is 15.2. The number of ketones is 1. The summed E-state index contributed by atoms with van der Waals surface area (Å²) in [6.07, 6.45) is 2.23. The van der Waals surface area contributed by atoms with Gasteiger partial charge in [0.2, 0.25) is 0 Å². The lowest BCUT2D eigenvalue weighted by molar-refractivity contribution is 0.101. The van der Waals surface area contributed by atoms with E-state index < -0.39 is 28.9 Å². The summed E-state index contributed by atoms with van der Waals surface area (Å²) < 4.78 is 46.2. The highest BCUT2D eigenvalue weighted by Gasteiger charge is 2.28. The molecule has 4 rings (SSSR count). The van der Waals surface area contributed by atoms with Crippen molar-refractivity contribution in [3.8, 4) is 5.75 Å². The highest BCUT2D eigenvalue weighted by atomic mass is 19.2. The number of halogens is 3. The Morgan fingerprint density at radius 2 is 1.83 bits per heavy atom. The van der Waals surface area contributed by atoms with Gasteiger partial charge in [-0.25, -0.2) is 13.2 Å². The lowest BCUT2D eigenvalue weighted by Crippen LogP contribution is -2.43. The van der Waals surface area contributed by atoms with Crippen molar-refractivity contribution in [2.75, 3.05) is 12.4 Å². The number of fused-ring (bicyclic) bond motifs is 1. The van der Waals surface area contributed by atoms with E-state index in [1.807, 2.05) is 32.0 Å². The van der Waals surface area contributed by atoms with Crippen molar-refractivity contribution >= 4 is 23.1 Å². The molecule has 0 bridgehead atoms. The molecule has 0 atom stereocenters. The minimum absolute atomic E-state index is 0.169. The number of methoxy groups -OCH3 is 1. The average Bonchev–Trinajstić information content (AvgIpc) is 2.80. The van der Waals surface area contributed by atoms with Gasteiger partial charge < -0.3 is 15.4 Å². The number of rotatable bonds is 5. The van der Waals surface area contributed by atoms with Gasteiger partial charge in [0.25, 0.3) is 5.91 Å². The zero-order chi connectivity index (χ0) is 25.3. The second kappa shape index (κ2) is 9.29. The fraction of sp³-hybridized carbons (Fsp3) is 0.185. The van der Waals surface area contributed by atoms with Crippen molar-refractivity contribution in [3.05, 3.63) is 100 Å². The van der Waals surface area contributed by atoms with Crippen LogP contribution in [0.25, 0.3) is 5.70 Å². The summed E-state index contributed by atoms with van der Waals surface area (Å²) in [4.78, 5) is 25.5. The largest absolute Gasteiger partial charge is 0.497 e. The first-order valence-electron chi connectivity index (χ1n) is 10.8. The Morgan fingerprint density at radius 1 is 1.06 bits per heavy atom. The molecule has 1 aliphatic rings. The first-order valence-corrected chi connectivity index (χ1v) is 10.8. The molecule has 1 amide bonds. The van der Waals surface area contributed by atoms with Gasteiger partial charge in [-0.05, 0) is 56.2 Å². The standard InChI is InChI=1S/C27H23F3N2O3/c1-27(2)14-16-7-8-19(35-3)12-20(16)23(32-27)13-24(33)15-5-4-6-18(9-15)31-26(34)21-10-17(28)11-22(29)25(21)30/h4-13,32H,14H2,1-3H3,(H,31,34)/b23-13-. The van der Waals surface area contributed by atoms with Crippen LogP contribution < -0.4 is 15.4 Å². The van der Waals surface area contributed by atoms with Crippen LogP contribution in [0.1, 0.15) is 45.7 Å². The number of allylic oxidation sites excluding steroid dienone is 1. The first-order chi connectivity index (χ1) is 16.6. The second-order valence-electron chi connectivity index (χ2n) is 8.92. The van der Waals surface area contributed by atoms with Crippen LogP contribution >= 0.6 is 0 Å². The van der Waals surface area contributed by atoms with Crippen molar-refractivity contribution in [3.63, 3.8) is 0 Å². The van der Waals surface area contributed by atoms with Crippen LogP contribution in [0.5, 0.6) is 5.75 Å². The molecule has 0 radical (unpaired) electrons. The quantitative estimate of drug-likeness (QED) is 0.287. The van der Waals surface area contributed by atoms with E-state index in [1.165, 1.54) is 18.2 Å². The average molecular weight is 480 g/mol. The van der Waals surface area contributed by atoms with E-state index in [2.05, 4.69) is 10.6 Å². The zero-order valence-corrected chi connectivity index (χ0v) is 19.3. The molecule has 3 aromatic rings. The number of carbonyl (C=O) groups excluding carboxylic acids is 2. The van der Waals surface area contributed by atoms with Crippen molar-refractivity contribution in [1.82, 2.24) is 5.32 Å². The molecule has 0 aromatic heterocycles. The smallest absolute Gasteiger partial charge is 0.258 e. The maximum atomic E-state index is 14.0. The predicted octanol–water partition coefficient (Wildman–Crippen LogP) is 5.51. The minimum Gasteiger partial charge on any atom is -0.497 e. The van der Waals surface area contributed by atoms with Gasteiger partial charge in [0.05, 0.1) is 12.7 Å².